The molecule has 4 aromatic rings. The fourth-order valence-corrected chi connectivity index (χ4v) is 9.32. The summed E-state index contributed by atoms with van der Waals surface area (Å²) in [5.74, 6) is -6.58. The van der Waals surface area contributed by atoms with Crippen molar-refractivity contribution in [1.29, 1.82) is 0 Å². The number of imide groups is 2. The first-order chi connectivity index (χ1) is 24.6. The number of hydrogen-bond donors (Lipinski definition) is 3. The summed E-state index contributed by atoms with van der Waals surface area (Å²) < 4.78 is 0. The van der Waals surface area contributed by atoms with E-state index >= 15 is 4.79 Å². The van der Waals surface area contributed by atoms with Crippen LogP contribution in [0.3, 0.4) is 0 Å². The number of aliphatic carboxylic acids is 1. The van der Waals surface area contributed by atoms with Gasteiger partial charge in [0.1, 0.15) is 5.75 Å². The van der Waals surface area contributed by atoms with Crippen LogP contribution in [0.2, 0.25) is 0 Å². The molecule has 2 aliphatic heterocycles. The number of carbonyl (C=O) groups excluding carboxylic acids is 4. The van der Waals surface area contributed by atoms with Gasteiger partial charge in [-0.3, -0.25) is 34.3 Å². The fourth-order valence-electron chi connectivity index (χ4n) is 9.32. The molecule has 2 saturated heterocycles. The van der Waals surface area contributed by atoms with Crippen molar-refractivity contribution in [2.45, 2.75) is 43.9 Å². The first-order valence-electron chi connectivity index (χ1n) is 17.4. The number of benzene rings is 4. The van der Waals surface area contributed by atoms with Gasteiger partial charge in [0.2, 0.25) is 11.8 Å². The van der Waals surface area contributed by atoms with E-state index in [9.17, 15) is 29.4 Å². The molecule has 0 radical (unpaired) electrons. The number of hydrogen-bond acceptors (Lipinski definition) is 7. The molecule has 10 heteroatoms. The first kappa shape index (κ1) is 32.4. The molecule has 4 aliphatic rings. The Morgan fingerprint density at radius 1 is 0.863 bits per heavy atom. The summed E-state index contributed by atoms with van der Waals surface area (Å²) >= 11 is 0. The van der Waals surface area contributed by atoms with E-state index < -0.39 is 52.8 Å². The Bertz CT molecular complexity index is 2150. The van der Waals surface area contributed by atoms with E-state index in [1.807, 2.05) is 85.8 Å². The second-order valence-electron chi connectivity index (χ2n) is 14.1. The van der Waals surface area contributed by atoms with E-state index in [2.05, 4.69) is 5.43 Å². The number of hydrazine groups is 1. The number of fused-ring (bicyclic) bond motifs is 5. The highest BCUT2D eigenvalue weighted by atomic mass is 16.4. The molecule has 4 amide bonds. The number of likely N-dealkylation sites (tertiary alicyclic amines) is 1. The van der Waals surface area contributed by atoms with E-state index in [1.54, 1.807) is 18.2 Å². The van der Waals surface area contributed by atoms with Gasteiger partial charge in [-0.25, -0.2) is 0 Å². The molecule has 10 nitrogen and oxygen atoms in total. The number of carboxylic acids is 1. The van der Waals surface area contributed by atoms with E-state index in [4.69, 9.17) is 0 Å². The maximum Gasteiger partial charge on any atom is 0.303 e. The van der Waals surface area contributed by atoms with Gasteiger partial charge >= 0.3 is 5.97 Å². The predicted octanol–water partition coefficient (Wildman–Crippen LogP) is 5.70. The smallest absolute Gasteiger partial charge is 0.303 e. The molecule has 258 valence electrons. The van der Waals surface area contributed by atoms with Gasteiger partial charge in [-0.05, 0) is 66.6 Å². The van der Waals surface area contributed by atoms with Crippen molar-refractivity contribution in [3.05, 3.63) is 119 Å². The van der Waals surface area contributed by atoms with Gasteiger partial charge < -0.3 is 10.2 Å². The lowest BCUT2D eigenvalue weighted by Gasteiger charge is -2.51. The van der Waals surface area contributed by atoms with E-state index in [-0.39, 0.29) is 49.8 Å². The molecular weight excluding hydrogens is 646 g/mol. The number of aryl methyl sites for hydroxylation is 1. The summed E-state index contributed by atoms with van der Waals surface area (Å²) in [5.41, 5.74) is 5.00. The average molecular weight is 684 g/mol. The standard InChI is InChI=1S/C41H37N3O7/c1-23-13-16-26(17-14-23)42-44-38(49)31-22-30-28(18-19-29-34(30)39(50)43(37(29)48)21-7-12-33(46)47)36(41(31,40(44)51)25-9-3-2-4-10-25)35-27-11-6-5-8-24(27)15-20-32(35)45/h2-6,8-11,13-18,20,29-31,34,36,42,45H,7,12,19,21-22H2,1H3,(H,46,47). The summed E-state index contributed by atoms with van der Waals surface area (Å²) in [7, 11) is 0. The fraction of sp³-hybridized carbons (Fsp3) is 0.293. The maximum absolute atomic E-state index is 15.4. The first-order valence-corrected chi connectivity index (χ1v) is 17.4. The van der Waals surface area contributed by atoms with Gasteiger partial charge in [0.25, 0.3) is 11.8 Å². The van der Waals surface area contributed by atoms with Gasteiger partial charge in [-0.15, -0.1) is 0 Å². The lowest BCUT2D eigenvalue weighted by Crippen LogP contribution is -2.53. The van der Waals surface area contributed by atoms with Crippen molar-refractivity contribution in [1.82, 2.24) is 9.91 Å². The van der Waals surface area contributed by atoms with E-state index in [0.717, 1.165) is 26.9 Å². The zero-order valence-corrected chi connectivity index (χ0v) is 28.0. The zero-order chi connectivity index (χ0) is 35.6. The third-order valence-corrected chi connectivity index (χ3v) is 11.5. The second kappa shape index (κ2) is 12.2. The number of carbonyl (C=O) groups is 5. The van der Waals surface area contributed by atoms with Gasteiger partial charge in [-0.1, -0.05) is 90.0 Å². The topological polar surface area (TPSA) is 144 Å². The number of carboxylic acid groups (broad SMARTS) is 1. The van der Waals surface area contributed by atoms with Crippen LogP contribution in [0.15, 0.2) is 103 Å². The molecule has 6 atom stereocenters. The number of nitrogens with zero attached hydrogens (tertiary/aromatic N) is 2. The highest BCUT2D eigenvalue weighted by molar-refractivity contribution is 6.13. The Labute approximate surface area is 294 Å². The molecule has 3 fully saturated rings. The van der Waals surface area contributed by atoms with Crippen molar-refractivity contribution in [3.8, 4) is 5.75 Å². The zero-order valence-electron chi connectivity index (χ0n) is 28.0. The number of amides is 4. The van der Waals surface area contributed by atoms with Gasteiger partial charge in [-0.2, -0.15) is 5.01 Å². The Morgan fingerprint density at radius 2 is 1.59 bits per heavy atom. The number of aromatic hydroxyl groups is 1. The van der Waals surface area contributed by atoms with Crippen LogP contribution in [-0.4, -0.2) is 56.3 Å². The van der Waals surface area contributed by atoms with Crippen molar-refractivity contribution in [3.63, 3.8) is 0 Å². The van der Waals surface area contributed by atoms with E-state index in [0.29, 0.717) is 16.8 Å². The SMILES string of the molecule is Cc1ccc(NN2C(=O)C3CC4C(=CCC5C(=O)N(CCCC(=O)O)C(=O)C54)C(c4c(O)ccc5ccccc45)C3(c3ccccc3)C2=O)cc1. The van der Waals surface area contributed by atoms with Crippen molar-refractivity contribution in [2.75, 3.05) is 12.0 Å². The third-order valence-electron chi connectivity index (χ3n) is 11.5. The molecule has 4 aromatic carbocycles. The monoisotopic (exact) mass is 683 g/mol. The number of phenols is 1. The summed E-state index contributed by atoms with van der Waals surface area (Å²) in [6.45, 7) is 1.94. The summed E-state index contributed by atoms with van der Waals surface area (Å²) in [5, 5.41) is 23.7. The normalized spacial score (nSPS) is 26.9. The highest BCUT2D eigenvalue weighted by Gasteiger charge is 2.70. The maximum atomic E-state index is 15.4. The third kappa shape index (κ3) is 4.87. The molecule has 8 rings (SSSR count). The molecule has 0 aromatic heterocycles. The Hall–Kier alpha value is -5.77. The molecule has 1 saturated carbocycles. The Morgan fingerprint density at radius 3 is 2.33 bits per heavy atom. The van der Waals surface area contributed by atoms with Crippen LogP contribution < -0.4 is 5.43 Å². The minimum Gasteiger partial charge on any atom is -0.508 e. The molecule has 6 unspecified atom stereocenters. The van der Waals surface area contributed by atoms with Gasteiger partial charge in [0.05, 0.1) is 28.9 Å². The second-order valence-corrected chi connectivity index (χ2v) is 14.1. The number of phenolic OH excluding ortho intramolecular Hbond substituents is 1. The van der Waals surface area contributed by atoms with Crippen LogP contribution in [0, 0.1) is 30.6 Å². The minimum atomic E-state index is -1.51. The Balaban J connectivity index is 1.34. The quantitative estimate of drug-likeness (QED) is 0.159. The Kier molecular flexibility index (Phi) is 7.77. The van der Waals surface area contributed by atoms with Crippen molar-refractivity contribution < 1.29 is 34.2 Å². The van der Waals surface area contributed by atoms with Crippen LogP contribution in [0.5, 0.6) is 5.75 Å². The predicted molar refractivity (Wildman–Crippen MR) is 188 cm³/mol. The van der Waals surface area contributed by atoms with Crippen molar-refractivity contribution >= 4 is 46.1 Å². The molecule has 0 bridgehead atoms. The summed E-state index contributed by atoms with van der Waals surface area (Å²) in [6.07, 6.45) is 2.28. The lowest BCUT2D eigenvalue weighted by molar-refractivity contribution is -0.142. The van der Waals surface area contributed by atoms with Crippen LogP contribution in [0.25, 0.3) is 10.8 Å². The number of rotatable bonds is 8. The van der Waals surface area contributed by atoms with Crippen LogP contribution in [0.4, 0.5) is 5.69 Å². The summed E-state index contributed by atoms with van der Waals surface area (Å²) in [6, 6.07) is 27.6. The van der Waals surface area contributed by atoms with Crippen LogP contribution >= 0.6 is 0 Å². The number of allylic oxidation sites excluding steroid dienone is 2. The molecular formula is C41H37N3O7. The van der Waals surface area contributed by atoms with Crippen LogP contribution in [0.1, 0.15) is 48.3 Å². The van der Waals surface area contributed by atoms with Gasteiger partial charge in [0.15, 0.2) is 0 Å². The van der Waals surface area contributed by atoms with Crippen LogP contribution in [-0.2, 0) is 29.4 Å². The molecule has 2 aliphatic carbocycles. The molecule has 2 heterocycles. The molecule has 0 spiro atoms. The average Bonchev–Trinajstić information content (AvgIpc) is 3.50. The largest absolute Gasteiger partial charge is 0.508 e. The van der Waals surface area contributed by atoms with Gasteiger partial charge in [0, 0.05) is 24.4 Å². The number of nitrogens with one attached hydrogen (secondary N) is 1. The van der Waals surface area contributed by atoms with Crippen molar-refractivity contribution in [2.24, 2.45) is 23.7 Å². The molecule has 51 heavy (non-hydrogen) atoms. The van der Waals surface area contributed by atoms with E-state index in [1.165, 1.54) is 4.90 Å². The lowest BCUT2D eigenvalue weighted by atomic mass is 9.48. The highest BCUT2D eigenvalue weighted by Crippen LogP contribution is 2.65. The minimum absolute atomic E-state index is 0.00436. The number of anilines is 1. The summed E-state index contributed by atoms with van der Waals surface area (Å²) in [4.78, 5) is 70.6. The molecule has 3 N–H and O–H groups in total.